The maximum Gasteiger partial charge on any atom is 0.416 e. The van der Waals surface area contributed by atoms with Gasteiger partial charge in [-0.2, -0.15) is 0 Å². The first-order valence-corrected chi connectivity index (χ1v) is 21.0. The van der Waals surface area contributed by atoms with E-state index >= 15 is 0 Å². The topological polar surface area (TPSA) is 186 Å². The Bertz CT molecular complexity index is 1960. The highest BCUT2D eigenvalue weighted by Gasteiger charge is 2.49. The Labute approximate surface area is 362 Å². The van der Waals surface area contributed by atoms with Crippen LogP contribution in [0.3, 0.4) is 0 Å². The first-order valence-electron chi connectivity index (χ1n) is 21.0. The van der Waals surface area contributed by atoms with Crippen molar-refractivity contribution in [3.05, 3.63) is 77.9 Å². The van der Waals surface area contributed by atoms with Gasteiger partial charge in [-0.3, -0.25) is 24.0 Å². The second-order valence-electron chi connectivity index (χ2n) is 16.0. The predicted octanol–water partition coefficient (Wildman–Crippen LogP) is 5.83. The number of benzene rings is 2. The van der Waals surface area contributed by atoms with Gasteiger partial charge in [0.1, 0.15) is 13.2 Å². The summed E-state index contributed by atoms with van der Waals surface area (Å²) in [5.74, 6) is -2.24. The standard InChI is InChI=1S/C46H59N3O13/c1-8-18-59-41(52)24-33(28(2)3)43(53)47-30(5)37(50)22-31-14-16-32(17-15-31)27-61-46(55)49-35-25-39(58-20-11-12-40(51)57-7)38(56-6)23-34(35)44(54)48-26-29(4)21-36(48)45(49)62-42-13-9-10-19-60-42/h8,14-17,23,25,28,30,33,36,42,45H,1,4,9-13,18-22,24,26-27H2,2-3,5-7H3,(H,47,53)/t30-,33-,36-,42?,45-/m0/s1. The molecular formula is C46H59N3O13. The third-order valence-electron chi connectivity index (χ3n) is 11.0. The molecule has 2 aromatic rings. The number of carbonyl (C=O) groups excluding carboxylic acids is 6. The lowest BCUT2D eigenvalue weighted by Crippen LogP contribution is -2.54. The number of amides is 3. The van der Waals surface area contributed by atoms with Gasteiger partial charge in [-0.25, -0.2) is 9.69 Å². The zero-order valence-corrected chi connectivity index (χ0v) is 36.3. The Morgan fingerprint density at radius 3 is 2.39 bits per heavy atom. The number of hydrogen-bond donors (Lipinski definition) is 1. The highest BCUT2D eigenvalue weighted by molar-refractivity contribution is 6.06. The molecule has 3 aliphatic heterocycles. The first kappa shape index (κ1) is 47.3. The van der Waals surface area contributed by atoms with Crippen molar-refractivity contribution in [2.24, 2.45) is 11.8 Å². The molecule has 0 spiro atoms. The predicted molar refractivity (Wildman–Crippen MR) is 226 cm³/mol. The van der Waals surface area contributed by atoms with Crippen LogP contribution in [0.15, 0.2) is 61.2 Å². The van der Waals surface area contributed by atoms with E-state index in [9.17, 15) is 28.8 Å². The smallest absolute Gasteiger partial charge is 0.416 e. The fourth-order valence-corrected chi connectivity index (χ4v) is 7.53. The Morgan fingerprint density at radius 1 is 0.984 bits per heavy atom. The molecule has 16 heteroatoms. The minimum atomic E-state index is -1.03. The van der Waals surface area contributed by atoms with E-state index in [4.69, 9.17) is 33.2 Å². The zero-order chi connectivity index (χ0) is 44.9. The summed E-state index contributed by atoms with van der Waals surface area (Å²) in [5.41, 5.74) is 2.45. The van der Waals surface area contributed by atoms with Crippen molar-refractivity contribution in [1.82, 2.24) is 10.2 Å². The number of hydrogen-bond acceptors (Lipinski definition) is 13. The minimum Gasteiger partial charge on any atom is -0.493 e. The Kier molecular flexibility index (Phi) is 17.1. The van der Waals surface area contributed by atoms with Crippen molar-refractivity contribution in [1.29, 1.82) is 0 Å². The van der Waals surface area contributed by atoms with Gasteiger partial charge in [-0.05, 0) is 62.1 Å². The Hall–Kier alpha value is -5.74. The van der Waals surface area contributed by atoms with E-state index in [-0.39, 0.29) is 92.0 Å². The number of nitrogens with zero attached hydrogens (tertiary/aromatic N) is 2. The Balaban J connectivity index is 1.34. The second kappa shape index (κ2) is 22.4. The van der Waals surface area contributed by atoms with E-state index in [1.165, 1.54) is 31.3 Å². The third-order valence-corrected chi connectivity index (χ3v) is 11.0. The number of anilines is 1. The SMILES string of the molecule is C=CCOC(=O)C[C@H](C(=O)N[C@@H](C)C(=O)Cc1ccc(COC(=O)N2c3cc(OCCCC(=O)OC)c(OC)cc3C(=O)N3CC(=C)C[C@H]3[C@@H]2OC2CCCCO2)cc1)C(C)C. The summed E-state index contributed by atoms with van der Waals surface area (Å²) < 4.78 is 40.0. The second-order valence-corrected chi connectivity index (χ2v) is 16.0. The van der Waals surface area contributed by atoms with Crippen molar-refractivity contribution in [3.63, 3.8) is 0 Å². The van der Waals surface area contributed by atoms with Crippen LogP contribution in [0.5, 0.6) is 11.5 Å². The first-order chi connectivity index (χ1) is 29.7. The van der Waals surface area contributed by atoms with E-state index in [0.717, 1.165) is 18.4 Å². The number of rotatable bonds is 20. The van der Waals surface area contributed by atoms with Gasteiger partial charge in [-0.15, -0.1) is 0 Å². The molecule has 3 heterocycles. The molecular weight excluding hydrogens is 803 g/mol. The van der Waals surface area contributed by atoms with Crippen molar-refractivity contribution in [2.45, 2.75) is 103 Å². The molecule has 336 valence electrons. The lowest BCUT2D eigenvalue weighted by atomic mass is 9.91. The largest absolute Gasteiger partial charge is 0.493 e. The molecule has 0 saturated carbocycles. The van der Waals surface area contributed by atoms with Crippen molar-refractivity contribution < 1.29 is 61.9 Å². The van der Waals surface area contributed by atoms with Crippen LogP contribution in [0.1, 0.15) is 87.2 Å². The maximum atomic E-state index is 14.5. The van der Waals surface area contributed by atoms with Crippen LogP contribution >= 0.6 is 0 Å². The molecule has 0 aromatic heterocycles. The highest BCUT2D eigenvalue weighted by Crippen LogP contribution is 2.43. The van der Waals surface area contributed by atoms with Crippen LogP contribution in [0.25, 0.3) is 0 Å². The molecule has 0 aliphatic carbocycles. The molecule has 1 N–H and O–H groups in total. The summed E-state index contributed by atoms with van der Waals surface area (Å²) in [6.45, 7) is 13.7. The van der Waals surface area contributed by atoms with Crippen molar-refractivity contribution in [3.8, 4) is 11.5 Å². The van der Waals surface area contributed by atoms with Crippen LogP contribution in [-0.2, 0) is 55.9 Å². The van der Waals surface area contributed by atoms with Gasteiger partial charge >= 0.3 is 18.0 Å². The van der Waals surface area contributed by atoms with Crippen molar-refractivity contribution >= 4 is 41.3 Å². The van der Waals surface area contributed by atoms with Gasteiger partial charge < -0.3 is 43.4 Å². The number of Topliss-reactive ketones (excluding diaryl/α,β-unsaturated/α-hetero) is 1. The van der Waals surface area contributed by atoms with E-state index in [1.54, 1.807) is 42.2 Å². The third kappa shape index (κ3) is 12.2. The molecule has 0 bridgehead atoms. The average Bonchev–Trinajstić information content (AvgIpc) is 3.63. The molecule has 2 aromatic carbocycles. The van der Waals surface area contributed by atoms with Gasteiger partial charge in [-0.1, -0.05) is 62.9 Å². The molecule has 16 nitrogen and oxygen atoms in total. The zero-order valence-electron chi connectivity index (χ0n) is 36.3. The molecule has 5 rings (SSSR count). The normalized spacial score (nSPS) is 19.4. The maximum absolute atomic E-state index is 14.5. The lowest BCUT2D eigenvalue weighted by molar-refractivity contribution is -0.195. The number of ether oxygens (including phenoxy) is 7. The van der Waals surface area contributed by atoms with Crippen LogP contribution in [0.4, 0.5) is 10.5 Å². The number of nitrogens with one attached hydrogen (secondary N) is 1. The molecule has 0 radical (unpaired) electrons. The quantitative estimate of drug-likeness (QED) is 0.0726. The summed E-state index contributed by atoms with van der Waals surface area (Å²) in [4.78, 5) is 82.0. The Morgan fingerprint density at radius 2 is 1.73 bits per heavy atom. The van der Waals surface area contributed by atoms with Gasteiger partial charge in [0.05, 0.1) is 56.5 Å². The van der Waals surface area contributed by atoms with E-state index in [2.05, 4.69) is 18.5 Å². The number of carbonyl (C=O) groups is 6. The van der Waals surface area contributed by atoms with Crippen LogP contribution in [0.2, 0.25) is 0 Å². The van der Waals surface area contributed by atoms with Crippen molar-refractivity contribution in [2.75, 3.05) is 45.5 Å². The summed E-state index contributed by atoms with van der Waals surface area (Å²) in [6, 6.07) is 8.61. The van der Waals surface area contributed by atoms with Gasteiger partial charge in [0.25, 0.3) is 5.91 Å². The summed E-state index contributed by atoms with van der Waals surface area (Å²) in [5, 5.41) is 2.75. The summed E-state index contributed by atoms with van der Waals surface area (Å²) >= 11 is 0. The van der Waals surface area contributed by atoms with E-state index in [1.807, 2.05) is 13.8 Å². The summed E-state index contributed by atoms with van der Waals surface area (Å²) in [7, 11) is 2.75. The molecule has 1 unspecified atom stereocenters. The molecule has 3 amide bonds. The molecule has 62 heavy (non-hydrogen) atoms. The number of methoxy groups -OCH3 is 2. The van der Waals surface area contributed by atoms with Crippen LogP contribution in [0, 0.1) is 11.8 Å². The minimum absolute atomic E-state index is 0.0236. The monoisotopic (exact) mass is 861 g/mol. The molecule has 3 aliphatic rings. The van der Waals surface area contributed by atoms with E-state index < -0.39 is 48.5 Å². The number of ketones is 1. The molecule has 2 saturated heterocycles. The fourth-order valence-electron chi connectivity index (χ4n) is 7.53. The van der Waals surface area contributed by atoms with Gasteiger partial charge in [0.2, 0.25) is 5.91 Å². The lowest BCUT2D eigenvalue weighted by Gasteiger charge is -2.38. The molecule has 2 fully saturated rings. The average molecular weight is 862 g/mol. The highest BCUT2D eigenvalue weighted by atomic mass is 16.7. The number of fused-ring (bicyclic) bond motifs is 2. The number of esters is 2. The van der Waals surface area contributed by atoms with Gasteiger partial charge in [0.15, 0.2) is 29.8 Å². The molecule has 5 atom stereocenters. The van der Waals surface area contributed by atoms with Gasteiger partial charge in [0, 0.05) is 32.1 Å². The van der Waals surface area contributed by atoms with Crippen LogP contribution < -0.4 is 19.7 Å². The fraction of sp³-hybridized carbons (Fsp3) is 0.522. The van der Waals surface area contributed by atoms with Crippen LogP contribution in [-0.4, -0.2) is 106 Å². The van der Waals surface area contributed by atoms with E-state index in [0.29, 0.717) is 37.0 Å². The summed E-state index contributed by atoms with van der Waals surface area (Å²) in [6.07, 6.45) is 2.07.